The van der Waals surface area contributed by atoms with Crippen molar-refractivity contribution in [1.82, 2.24) is 0 Å². The van der Waals surface area contributed by atoms with Gasteiger partial charge in [0.25, 0.3) is 0 Å². The van der Waals surface area contributed by atoms with E-state index in [0.717, 1.165) is 5.33 Å². The van der Waals surface area contributed by atoms with E-state index in [9.17, 15) is 0 Å². The van der Waals surface area contributed by atoms with Crippen LogP contribution < -0.4 is 0 Å². The topological polar surface area (TPSA) is 0 Å². The Balaban J connectivity index is 0. The van der Waals surface area contributed by atoms with E-state index in [1.807, 2.05) is 6.92 Å². The summed E-state index contributed by atoms with van der Waals surface area (Å²) in [6.07, 6.45) is 0. The summed E-state index contributed by atoms with van der Waals surface area (Å²) < 4.78 is 0. The van der Waals surface area contributed by atoms with Crippen molar-refractivity contribution in [3.05, 3.63) is 0 Å². The van der Waals surface area contributed by atoms with Crippen molar-refractivity contribution < 1.29 is 0 Å². The van der Waals surface area contributed by atoms with Crippen LogP contribution in [0, 0.1) is 11.8 Å². The first-order valence-corrected chi connectivity index (χ1v) is 2.49. The molecule has 0 aromatic heterocycles. The van der Waals surface area contributed by atoms with Gasteiger partial charge in [0.05, 0.1) is 5.33 Å². The van der Waals surface area contributed by atoms with Gasteiger partial charge in [-0.05, 0) is 6.92 Å². The van der Waals surface area contributed by atoms with Crippen molar-refractivity contribution in [2.24, 2.45) is 0 Å². The zero-order valence-corrected chi connectivity index (χ0v) is 7.67. The van der Waals surface area contributed by atoms with Crippen LogP contribution in [0.5, 0.6) is 0 Å². The summed E-state index contributed by atoms with van der Waals surface area (Å²) in [4.78, 5) is 0. The van der Waals surface area contributed by atoms with E-state index < -0.39 is 0 Å². The summed E-state index contributed by atoms with van der Waals surface area (Å²) in [7, 11) is 0. The molecule has 0 aliphatic carbocycles. The first-order chi connectivity index (χ1) is 2.41. The fourth-order valence-corrected chi connectivity index (χ4v) is 0.347. The monoisotopic (exact) mass is 155 g/mol. The molecule has 1 radical (unpaired) electrons. The first kappa shape index (κ1) is 10.1. The van der Waals surface area contributed by atoms with Crippen LogP contribution in [-0.2, 0) is 0 Å². The molecule has 2 heteroatoms. The van der Waals surface area contributed by atoms with Crippen LogP contribution in [-0.4, -0.2) is 34.9 Å². The maximum absolute atomic E-state index is 3.14. The van der Waals surface area contributed by atoms with E-state index >= 15 is 0 Å². The Morgan fingerprint density at radius 3 is 2.17 bits per heavy atom. The summed E-state index contributed by atoms with van der Waals surface area (Å²) >= 11 is 3.14. The van der Waals surface area contributed by atoms with Gasteiger partial charge in [-0.1, -0.05) is 21.9 Å². The van der Waals surface area contributed by atoms with Crippen molar-refractivity contribution in [1.29, 1.82) is 0 Å². The molecule has 0 aliphatic heterocycles. The fraction of sp³-hybridized carbons (Fsp3) is 0.500. The number of halogens is 1. The molecule has 0 atom stereocenters. The number of alkyl halides is 1. The van der Waals surface area contributed by atoms with Crippen molar-refractivity contribution in [3.63, 3.8) is 0 Å². The minimum Gasteiger partial charge on any atom is -0.106 e. The first-order valence-electron chi connectivity index (χ1n) is 1.37. The summed E-state index contributed by atoms with van der Waals surface area (Å²) in [5, 5.41) is 0.795. The van der Waals surface area contributed by atoms with Crippen molar-refractivity contribution in [3.8, 4) is 11.8 Å². The van der Waals surface area contributed by atoms with Gasteiger partial charge in [-0.15, -0.1) is 5.92 Å². The smallest absolute Gasteiger partial charge is 0.0645 e. The number of rotatable bonds is 0. The molecule has 0 aromatic carbocycles. The molecule has 0 aliphatic rings. The summed E-state index contributed by atoms with van der Waals surface area (Å²) in [6, 6.07) is 0. The van der Waals surface area contributed by atoms with Crippen LogP contribution in [0.3, 0.4) is 0 Å². The van der Waals surface area contributed by atoms with E-state index in [4.69, 9.17) is 0 Å². The largest absolute Gasteiger partial charge is 0.106 e. The van der Waals surface area contributed by atoms with Gasteiger partial charge >= 0.3 is 0 Å². The maximum atomic E-state index is 3.14. The molecule has 0 saturated carbocycles. The molecule has 0 spiro atoms. The molecule has 0 rings (SSSR count). The predicted octanol–water partition coefficient (Wildman–Crippen LogP) is 1.02. The Bertz CT molecular complexity index is 59.7. The van der Waals surface area contributed by atoms with Gasteiger partial charge in [0.2, 0.25) is 0 Å². The van der Waals surface area contributed by atoms with Crippen LogP contribution in [0.4, 0.5) is 0 Å². The molecule has 29 valence electrons. The quantitative estimate of drug-likeness (QED) is 0.279. The van der Waals surface area contributed by atoms with Gasteiger partial charge in [0.15, 0.2) is 0 Å². The molecule has 0 unspecified atom stereocenters. The Labute approximate surface area is 69.1 Å². The normalized spacial score (nSPS) is 4.33. The summed E-state index contributed by atoms with van der Waals surface area (Å²) in [6.45, 7) is 1.82. The van der Waals surface area contributed by atoms with Crippen LogP contribution in [0.1, 0.15) is 6.92 Å². The molecular formula is C4H5BrNa. The minimum atomic E-state index is 0. The molecule has 6 heavy (non-hydrogen) atoms. The maximum Gasteiger partial charge on any atom is 0.0645 e. The van der Waals surface area contributed by atoms with Crippen LogP contribution in [0.25, 0.3) is 0 Å². The summed E-state index contributed by atoms with van der Waals surface area (Å²) in [5.41, 5.74) is 0. The molecule has 0 saturated heterocycles. The van der Waals surface area contributed by atoms with Gasteiger partial charge in [0, 0.05) is 29.6 Å². The van der Waals surface area contributed by atoms with Crippen LogP contribution >= 0.6 is 15.9 Å². The van der Waals surface area contributed by atoms with Gasteiger partial charge < -0.3 is 0 Å². The minimum absolute atomic E-state index is 0. The third kappa shape index (κ3) is 8.90. The van der Waals surface area contributed by atoms with Gasteiger partial charge in [-0.2, -0.15) is 0 Å². The fourth-order valence-electron chi connectivity index (χ4n) is 0.0668. The predicted molar refractivity (Wildman–Crippen MR) is 33.0 cm³/mol. The Morgan fingerprint density at radius 2 is 2.17 bits per heavy atom. The van der Waals surface area contributed by atoms with Crippen molar-refractivity contribution >= 4 is 45.5 Å². The van der Waals surface area contributed by atoms with Crippen molar-refractivity contribution in [2.75, 3.05) is 5.33 Å². The molecular weight excluding hydrogens is 151 g/mol. The molecule has 0 amide bonds. The van der Waals surface area contributed by atoms with Gasteiger partial charge in [-0.25, -0.2) is 0 Å². The standard InChI is InChI=1S/C4H5Br.Na/c1-2-3-4-5;/h4H2,1H3;. The summed E-state index contributed by atoms with van der Waals surface area (Å²) in [5.74, 6) is 5.50. The van der Waals surface area contributed by atoms with E-state index in [2.05, 4.69) is 27.8 Å². The molecule has 0 nitrogen and oxygen atoms in total. The van der Waals surface area contributed by atoms with E-state index in [1.54, 1.807) is 0 Å². The van der Waals surface area contributed by atoms with E-state index in [-0.39, 0.29) is 29.6 Å². The SMILES string of the molecule is CC#CCBr.[Na]. The van der Waals surface area contributed by atoms with Gasteiger partial charge in [0.1, 0.15) is 0 Å². The number of hydrogen-bond donors (Lipinski definition) is 0. The zero-order valence-electron chi connectivity index (χ0n) is 4.09. The molecule has 0 N–H and O–H groups in total. The van der Waals surface area contributed by atoms with E-state index in [0.29, 0.717) is 0 Å². The second-order valence-corrected chi connectivity index (χ2v) is 1.12. The van der Waals surface area contributed by atoms with Crippen LogP contribution in [0.2, 0.25) is 0 Å². The van der Waals surface area contributed by atoms with Crippen molar-refractivity contribution in [2.45, 2.75) is 6.92 Å². The van der Waals surface area contributed by atoms with Gasteiger partial charge in [-0.3, -0.25) is 0 Å². The molecule has 0 bridgehead atoms. The molecule has 0 fully saturated rings. The Morgan fingerprint density at radius 1 is 1.67 bits per heavy atom. The Kier molecular flexibility index (Phi) is 15.8. The third-order valence-electron chi connectivity index (χ3n) is 0.244. The second-order valence-electron chi connectivity index (χ2n) is 0.560. The average molecular weight is 156 g/mol. The zero-order chi connectivity index (χ0) is 4.12. The Hall–Kier alpha value is 1.04. The van der Waals surface area contributed by atoms with E-state index in [1.165, 1.54) is 0 Å². The number of hydrogen-bond acceptors (Lipinski definition) is 0. The third-order valence-corrected chi connectivity index (χ3v) is 0.524. The van der Waals surface area contributed by atoms with Crippen LogP contribution in [0.15, 0.2) is 0 Å². The second kappa shape index (κ2) is 9.40. The molecule has 0 heterocycles. The molecule has 0 aromatic rings. The average Bonchev–Trinajstić information content (AvgIpc) is 1.41.